The maximum atomic E-state index is 12.5. The van der Waals surface area contributed by atoms with E-state index in [2.05, 4.69) is 9.71 Å². The number of nitrogens with zero attached hydrogens (tertiary/aromatic N) is 2. The topological polar surface area (TPSA) is 97.8 Å². The molecule has 1 aromatic rings. The van der Waals surface area contributed by atoms with Crippen LogP contribution in [0.3, 0.4) is 0 Å². The Kier molecular flexibility index (Phi) is 6.14. The monoisotopic (exact) mass is 357 g/mol. The first-order valence-corrected chi connectivity index (χ1v) is 9.51. The van der Waals surface area contributed by atoms with Crippen LogP contribution in [0.4, 0.5) is 0 Å². The number of aromatic nitrogens is 1. The number of rotatable bonds is 7. The lowest BCUT2D eigenvalue weighted by Crippen LogP contribution is -2.49. The van der Waals surface area contributed by atoms with Crippen LogP contribution in [0.25, 0.3) is 0 Å². The lowest BCUT2D eigenvalue weighted by molar-refractivity contribution is -0.135. The minimum atomic E-state index is -3.35. The van der Waals surface area contributed by atoms with E-state index >= 15 is 0 Å². The summed E-state index contributed by atoms with van der Waals surface area (Å²) in [6, 6.07) is 2.93. The summed E-state index contributed by atoms with van der Waals surface area (Å²) in [5, 5.41) is 0. The number of carbonyl (C=O) groups excluding carboxylic acids is 1. The smallest absolute Gasteiger partial charge is 0.260 e. The van der Waals surface area contributed by atoms with E-state index in [0.29, 0.717) is 18.8 Å². The first-order chi connectivity index (χ1) is 11.3. The molecule has 8 nitrogen and oxygen atoms in total. The zero-order valence-electron chi connectivity index (χ0n) is 14.1. The highest BCUT2D eigenvalue weighted by atomic mass is 32.2. The van der Waals surface area contributed by atoms with Gasteiger partial charge >= 0.3 is 0 Å². The van der Waals surface area contributed by atoms with Gasteiger partial charge in [-0.05, 0) is 19.4 Å². The average Bonchev–Trinajstić information content (AvgIpc) is 2.87. The number of aryl methyl sites for hydroxylation is 1. The molecule has 24 heavy (non-hydrogen) atoms. The predicted molar refractivity (Wildman–Crippen MR) is 88.2 cm³/mol. The van der Waals surface area contributed by atoms with Crippen LogP contribution in [0.2, 0.25) is 0 Å². The van der Waals surface area contributed by atoms with Crippen molar-refractivity contribution in [2.24, 2.45) is 0 Å². The molecular formula is C15H23N3O5S. The molecule has 1 N–H and O–H groups in total. The number of hydrogen-bond donors (Lipinski definition) is 1. The van der Waals surface area contributed by atoms with E-state index in [9.17, 15) is 13.2 Å². The fourth-order valence-corrected chi connectivity index (χ4v) is 3.61. The molecule has 1 unspecified atom stereocenters. The first-order valence-electron chi connectivity index (χ1n) is 7.62. The molecule has 2 heterocycles. The van der Waals surface area contributed by atoms with Gasteiger partial charge < -0.3 is 14.4 Å². The number of ether oxygens (including phenoxy) is 2. The van der Waals surface area contributed by atoms with E-state index in [1.54, 1.807) is 17.2 Å². The number of sulfonamides is 1. The Labute approximate surface area is 142 Å². The average molecular weight is 357 g/mol. The van der Waals surface area contributed by atoms with Gasteiger partial charge in [0.2, 0.25) is 15.9 Å². The molecule has 2 atom stereocenters. The second kappa shape index (κ2) is 7.91. The third kappa shape index (κ3) is 4.89. The van der Waals surface area contributed by atoms with E-state index in [-0.39, 0.29) is 31.2 Å². The SMILES string of the molecule is COC[C@H]1C(NS(C)(=O)=O)CCN1C(=O)COc1ncccc1C. The summed E-state index contributed by atoms with van der Waals surface area (Å²) in [5.41, 5.74) is 0.844. The summed E-state index contributed by atoms with van der Waals surface area (Å²) in [5.74, 6) is 0.194. The molecule has 0 aromatic carbocycles. The molecule has 1 fully saturated rings. The molecule has 9 heteroatoms. The fourth-order valence-electron chi connectivity index (χ4n) is 2.79. The van der Waals surface area contributed by atoms with Gasteiger partial charge in [-0.1, -0.05) is 6.07 Å². The van der Waals surface area contributed by atoms with Gasteiger partial charge in [0.05, 0.1) is 18.9 Å². The van der Waals surface area contributed by atoms with Gasteiger partial charge in [-0.3, -0.25) is 4.79 Å². The standard InChI is InChI=1S/C15H23N3O5S/c1-11-5-4-7-16-15(11)23-10-14(19)18-8-6-12(13(18)9-22-2)17-24(3,20)21/h4-5,7,12-13,17H,6,8-10H2,1-3H3/t12?,13-/m0/s1. The second-order valence-corrected chi connectivity index (χ2v) is 7.59. The number of likely N-dealkylation sites (tertiary alicyclic amines) is 1. The number of methoxy groups -OCH3 is 1. The predicted octanol–water partition coefficient (Wildman–Crippen LogP) is -0.0661. The van der Waals surface area contributed by atoms with E-state index in [1.165, 1.54) is 7.11 Å². The van der Waals surface area contributed by atoms with Gasteiger partial charge in [0.15, 0.2) is 6.61 Å². The first kappa shape index (κ1) is 18.6. The zero-order chi connectivity index (χ0) is 17.7. The largest absolute Gasteiger partial charge is 0.467 e. The quantitative estimate of drug-likeness (QED) is 0.734. The number of nitrogens with one attached hydrogen (secondary N) is 1. The Morgan fingerprint density at radius 1 is 1.50 bits per heavy atom. The van der Waals surface area contributed by atoms with E-state index in [4.69, 9.17) is 9.47 Å². The maximum absolute atomic E-state index is 12.5. The van der Waals surface area contributed by atoms with E-state index in [1.807, 2.05) is 13.0 Å². The van der Waals surface area contributed by atoms with Crippen molar-refractivity contribution in [1.82, 2.24) is 14.6 Å². The normalized spacial score (nSPS) is 21.0. The van der Waals surface area contributed by atoms with Crippen LogP contribution >= 0.6 is 0 Å². The van der Waals surface area contributed by atoms with Crippen molar-refractivity contribution in [3.63, 3.8) is 0 Å². The van der Waals surface area contributed by atoms with Gasteiger partial charge in [-0.2, -0.15) is 0 Å². The molecule has 1 aromatic heterocycles. The highest BCUT2D eigenvalue weighted by Crippen LogP contribution is 2.20. The molecule has 0 aliphatic carbocycles. The van der Waals surface area contributed by atoms with E-state index < -0.39 is 10.0 Å². The van der Waals surface area contributed by atoms with Gasteiger partial charge in [0, 0.05) is 31.5 Å². The van der Waals surface area contributed by atoms with Crippen molar-refractivity contribution in [2.45, 2.75) is 25.4 Å². The highest BCUT2D eigenvalue weighted by Gasteiger charge is 2.38. The van der Waals surface area contributed by atoms with Crippen molar-refractivity contribution in [3.8, 4) is 5.88 Å². The summed E-state index contributed by atoms with van der Waals surface area (Å²) >= 11 is 0. The van der Waals surface area contributed by atoms with Gasteiger partial charge in [0.25, 0.3) is 5.91 Å². The Morgan fingerprint density at radius 2 is 2.25 bits per heavy atom. The summed E-state index contributed by atoms with van der Waals surface area (Å²) in [6.45, 7) is 2.40. The summed E-state index contributed by atoms with van der Waals surface area (Å²) in [4.78, 5) is 18.2. The van der Waals surface area contributed by atoms with Crippen LogP contribution in [-0.2, 0) is 19.6 Å². The Balaban J connectivity index is 2.01. The third-order valence-corrected chi connectivity index (χ3v) is 4.59. The van der Waals surface area contributed by atoms with Gasteiger partial charge in [-0.15, -0.1) is 0 Å². The minimum absolute atomic E-state index is 0.149. The van der Waals surface area contributed by atoms with Crippen LogP contribution < -0.4 is 9.46 Å². The lowest BCUT2D eigenvalue weighted by atomic mass is 10.1. The molecule has 1 aliphatic rings. The molecular weight excluding hydrogens is 334 g/mol. The maximum Gasteiger partial charge on any atom is 0.260 e. The summed E-state index contributed by atoms with van der Waals surface area (Å²) in [6.07, 6.45) is 3.24. The number of hydrogen-bond acceptors (Lipinski definition) is 6. The van der Waals surface area contributed by atoms with Crippen molar-refractivity contribution in [2.75, 3.05) is 33.1 Å². The molecule has 0 saturated carbocycles. The highest BCUT2D eigenvalue weighted by molar-refractivity contribution is 7.88. The molecule has 1 aliphatic heterocycles. The van der Waals surface area contributed by atoms with Crippen molar-refractivity contribution < 1.29 is 22.7 Å². The Hall–Kier alpha value is -1.71. The molecule has 0 bridgehead atoms. The van der Waals surface area contributed by atoms with Crippen LogP contribution in [0.5, 0.6) is 5.88 Å². The van der Waals surface area contributed by atoms with Crippen LogP contribution in [0.15, 0.2) is 18.3 Å². The summed E-state index contributed by atoms with van der Waals surface area (Å²) < 4.78 is 36.2. The minimum Gasteiger partial charge on any atom is -0.467 e. The molecule has 134 valence electrons. The van der Waals surface area contributed by atoms with Gasteiger partial charge in [0.1, 0.15) is 0 Å². The Morgan fingerprint density at radius 3 is 2.88 bits per heavy atom. The third-order valence-electron chi connectivity index (χ3n) is 3.86. The van der Waals surface area contributed by atoms with Crippen molar-refractivity contribution in [1.29, 1.82) is 0 Å². The van der Waals surface area contributed by atoms with Crippen molar-refractivity contribution in [3.05, 3.63) is 23.9 Å². The van der Waals surface area contributed by atoms with Crippen LogP contribution in [-0.4, -0.2) is 69.4 Å². The summed E-state index contributed by atoms with van der Waals surface area (Å²) in [7, 11) is -1.83. The fraction of sp³-hybridized carbons (Fsp3) is 0.600. The molecule has 2 rings (SSSR count). The number of carbonyl (C=O) groups is 1. The van der Waals surface area contributed by atoms with Crippen LogP contribution in [0, 0.1) is 6.92 Å². The van der Waals surface area contributed by atoms with Crippen LogP contribution in [0.1, 0.15) is 12.0 Å². The number of amides is 1. The zero-order valence-corrected chi connectivity index (χ0v) is 14.9. The number of pyridine rings is 1. The molecule has 1 saturated heterocycles. The van der Waals surface area contributed by atoms with Crippen molar-refractivity contribution >= 4 is 15.9 Å². The van der Waals surface area contributed by atoms with E-state index in [0.717, 1.165) is 11.8 Å². The second-order valence-electron chi connectivity index (χ2n) is 5.81. The molecule has 1 amide bonds. The van der Waals surface area contributed by atoms with Gasteiger partial charge in [-0.25, -0.2) is 18.1 Å². The molecule has 0 radical (unpaired) electrons. The Bertz CT molecular complexity index is 679. The lowest BCUT2D eigenvalue weighted by Gasteiger charge is -2.27. The molecule has 0 spiro atoms.